The number of aromatic nitrogens is 3. The van der Waals surface area contributed by atoms with E-state index >= 15 is 0 Å². The highest BCUT2D eigenvalue weighted by atomic mass is 16.2. The van der Waals surface area contributed by atoms with Crippen molar-refractivity contribution in [3.63, 3.8) is 0 Å². The van der Waals surface area contributed by atoms with Crippen molar-refractivity contribution in [2.75, 3.05) is 19.6 Å². The molecular weight excluding hydrogens is 230 g/mol. The van der Waals surface area contributed by atoms with E-state index in [4.69, 9.17) is 0 Å². The lowest BCUT2D eigenvalue weighted by Crippen LogP contribution is -2.46. The quantitative estimate of drug-likeness (QED) is 0.655. The van der Waals surface area contributed by atoms with Gasteiger partial charge in [0.05, 0.1) is 0 Å². The van der Waals surface area contributed by atoms with E-state index < -0.39 is 0 Å². The van der Waals surface area contributed by atoms with E-state index in [2.05, 4.69) is 32.7 Å². The van der Waals surface area contributed by atoms with Crippen LogP contribution in [0.2, 0.25) is 0 Å². The number of carbonyl (C=O) groups excluding carboxylic acids is 1. The molecule has 0 unspecified atom stereocenters. The molecule has 0 bridgehead atoms. The van der Waals surface area contributed by atoms with Crippen molar-refractivity contribution >= 4 is 5.91 Å². The maximum atomic E-state index is 12.1. The van der Waals surface area contributed by atoms with Crippen molar-refractivity contribution in [2.45, 2.75) is 32.6 Å². The van der Waals surface area contributed by atoms with Crippen LogP contribution in [0.4, 0.5) is 0 Å². The summed E-state index contributed by atoms with van der Waals surface area (Å²) >= 11 is 0. The highest BCUT2D eigenvalue weighted by molar-refractivity contribution is 5.82. The monoisotopic (exact) mass is 251 g/mol. The maximum Gasteiger partial charge on any atom is 0.226 e. The molecule has 1 amide bonds. The van der Waals surface area contributed by atoms with Crippen molar-refractivity contribution in [3.05, 3.63) is 12.2 Å². The SMILES string of the molecule is CC1(C(=O)NCCCc2ncn[nH]2)CCNCC1. The van der Waals surface area contributed by atoms with Gasteiger partial charge in [0, 0.05) is 18.4 Å². The largest absolute Gasteiger partial charge is 0.356 e. The molecule has 6 nitrogen and oxygen atoms in total. The van der Waals surface area contributed by atoms with Gasteiger partial charge in [0.1, 0.15) is 12.2 Å². The Balaban J connectivity index is 1.68. The number of amides is 1. The van der Waals surface area contributed by atoms with Crippen LogP contribution < -0.4 is 10.6 Å². The average molecular weight is 251 g/mol. The molecular formula is C12H21N5O. The van der Waals surface area contributed by atoms with Gasteiger partial charge in [0.2, 0.25) is 5.91 Å². The van der Waals surface area contributed by atoms with Gasteiger partial charge in [0.15, 0.2) is 0 Å². The molecule has 1 aromatic heterocycles. The van der Waals surface area contributed by atoms with E-state index in [1.54, 1.807) is 0 Å². The molecule has 0 atom stereocenters. The van der Waals surface area contributed by atoms with Crippen molar-refractivity contribution in [1.29, 1.82) is 0 Å². The molecule has 0 spiro atoms. The van der Waals surface area contributed by atoms with Gasteiger partial charge in [-0.25, -0.2) is 4.98 Å². The van der Waals surface area contributed by atoms with Crippen LogP contribution in [0.25, 0.3) is 0 Å². The number of rotatable bonds is 5. The Morgan fingerprint density at radius 2 is 2.28 bits per heavy atom. The van der Waals surface area contributed by atoms with E-state index in [0.29, 0.717) is 6.54 Å². The molecule has 2 heterocycles. The lowest BCUT2D eigenvalue weighted by Gasteiger charge is -2.32. The molecule has 1 aromatic rings. The zero-order chi connectivity index (χ0) is 12.8. The van der Waals surface area contributed by atoms with Crippen LogP contribution >= 0.6 is 0 Å². The predicted molar refractivity (Wildman–Crippen MR) is 67.9 cm³/mol. The van der Waals surface area contributed by atoms with Gasteiger partial charge < -0.3 is 10.6 Å². The van der Waals surface area contributed by atoms with Crippen LogP contribution in [0, 0.1) is 5.41 Å². The summed E-state index contributed by atoms with van der Waals surface area (Å²) in [6.07, 6.45) is 5.04. The summed E-state index contributed by atoms with van der Waals surface area (Å²) in [4.78, 5) is 16.2. The minimum Gasteiger partial charge on any atom is -0.356 e. The third-order valence-electron chi connectivity index (χ3n) is 3.60. The number of carbonyl (C=O) groups is 1. The number of nitrogens with zero attached hydrogens (tertiary/aromatic N) is 2. The lowest BCUT2D eigenvalue weighted by molar-refractivity contribution is -0.131. The topological polar surface area (TPSA) is 82.7 Å². The minimum atomic E-state index is -0.197. The van der Waals surface area contributed by atoms with Crippen LogP contribution in [0.15, 0.2) is 6.33 Å². The van der Waals surface area contributed by atoms with E-state index in [9.17, 15) is 4.79 Å². The first kappa shape index (κ1) is 13.0. The zero-order valence-electron chi connectivity index (χ0n) is 10.8. The van der Waals surface area contributed by atoms with Crippen molar-refractivity contribution in [2.24, 2.45) is 5.41 Å². The third kappa shape index (κ3) is 3.29. The zero-order valence-corrected chi connectivity index (χ0v) is 10.8. The summed E-state index contributed by atoms with van der Waals surface area (Å²) in [5.41, 5.74) is -0.197. The Hall–Kier alpha value is -1.43. The summed E-state index contributed by atoms with van der Waals surface area (Å²) in [7, 11) is 0. The Morgan fingerprint density at radius 3 is 2.94 bits per heavy atom. The summed E-state index contributed by atoms with van der Waals surface area (Å²) in [5.74, 6) is 1.05. The molecule has 1 saturated heterocycles. The van der Waals surface area contributed by atoms with E-state index in [1.807, 2.05) is 0 Å². The number of aromatic amines is 1. The number of hydrogen-bond acceptors (Lipinski definition) is 4. The van der Waals surface area contributed by atoms with E-state index in [0.717, 1.165) is 44.6 Å². The van der Waals surface area contributed by atoms with E-state index in [-0.39, 0.29) is 11.3 Å². The maximum absolute atomic E-state index is 12.1. The molecule has 0 aliphatic carbocycles. The van der Waals surface area contributed by atoms with Gasteiger partial charge in [-0.3, -0.25) is 9.89 Å². The van der Waals surface area contributed by atoms with Gasteiger partial charge in [-0.15, -0.1) is 0 Å². The highest BCUT2D eigenvalue weighted by Gasteiger charge is 2.33. The summed E-state index contributed by atoms with van der Waals surface area (Å²) < 4.78 is 0. The van der Waals surface area contributed by atoms with Gasteiger partial charge in [0.25, 0.3) is 0 Å². The van der Waals surface area contributed by atoms with Crippen LogP contribution in [0.3, 0.4) is 0 Å². The Kier molecular flexibility index (Phi) is 4.30. The Labute approximate surface area is 107 Å². The summed E-state index contributed by atoms with van der Waals surface area (Å²) in [6.45, 7) is 4.62. The predicted octanol–water partition coefficient (Wildman–Crippen LogP) is 0.243. The van der Waals surface area contributed by atoms with Crippen molar-refractivity contribution in [1.82, 2.24) is 25.8 Å². The molecule has 2 rings (SSSR count). The number of piperidine rings is 1. The standard InChI is InChI=1S/C12H21N5O/c1-12(4-7-13-8-5-12)11(18)14-6-2-3-10-15-9-16-17-10/h9,13H,2-8H2,1H3,(H,14,18)(H,15,16,17). The fraction of sp³-hybridized carbons (Fsp3) is 0.750. The first-order chi connectivity index (χ1) is 8.71. The van der Waals surface area contributed by atoms with Crippen LogP contribution in [-0.2, 0) is 11.2 Å². The number of aryl methyl sites for hydroxylation is 1. The fourth-order valence-corrected chi connectivity index (χ4v) is 2.23. The second kappa shape index (κ2) is 5.95. The van der Waals surface area contributed by atoms with Crippen molar-refractivity contribution < 1.29 is 4.79 Å². The van der Waals surface area contributed by atoms with Gasteiger partial charge >= 0.3 is 0 Å². The summed E-state index contributed by atoms with van der Waals surface area (Å²) in [6, 6.07) is 0. The first-order valence-corrected chi connectivity index (χ1v) is 6.54. The normalized spacial score (nSPS) is 18.5. The summed E-state index contributed by atoms with van der Waals surface area (Å²) in [5, 5.41) is 12.9. The molecule has 1 aliphatic heterocycles. The lowest BCUT2D eigenvalue weighted by atomic mass is 9.80. The van der Waals surface area contributed by atoms with Crippen LogP contribution in [0.1, 0.15) is 32.0 Å². The van der Waals surface area contributed by atoms with Gasteiger partial charge in [-0.1, -0.05) is 6.92 Å². The Bertz CT molecular complexity index is 370. The molecule has 6 heteroatoms. The molecule has 0 saturated carbocycles. The van der Waals surface area contributed by atoms with E-state index in [1.165, 1.54) is 6.33 Å². The second-order valence-corrected chi connectivity index (χ2v) is 5.10. The fourth-order valence-electron chi connectivity index (χ4n) is 2.23. The second-order valence-electron chi connectivity index (χ2n) is 5.10. The smallest absolute Gasteiger partial charge is 0.226 e. The number of nitrogens with one attached hydrogen (secondary N) is 3. The van der Waals surface area contributed by atoms with Gasteiger partial charge in [-0.05, 0) is 32.4 Å². The van der Waals surface area contributed by atoms with Gasteiger partial charge in [-0.2, -0.15) is 5.10 Å². The third-order valence-corrected chi connectivity index (χ3v) is 3.60. The molecule has 100 valence electrons. The van der Waals surface area contributed by atoms with Crippen LogP contribution in [-0.4, -0.2) is 40.7 Å². The Morgan fingerprint density at radius 1 is 1.50 bits per heavy atom. The molecule has 3 N–H and O–H groups in total. The molecule has 1 fully saturated rings. The van der Waals surface area contributed by atoms with Crippen LogP contribution in [0.5, 0.6) is 0 Å². The number of H-pyrrole nitrogens is 1. The molecule has 1 aliphatic rings. The molecule has 0 aromatic carbocycles. The highest BCUT2D eigenvalue weighted by Crippen LogP contribution is 2.27. The number of hydrogen-bond donors (Lipinski definition) is 3. The minimum absolute atomic E-state index is 0.182. The first-order valence-electron chi connectivity index (χ1n) is 6.54. The average Bonchev–Trinajstić information content (AvgIpc) is 2.88. The molecule has 18 heavy (non-hydrogen) atoms. The molecule has 0 radical (unpaired) electrons. The van der Waals surface area contributed by atoms with Crippen molar-refractivity contribution in [3.8, 4) is 0 Å².